The van der Waals surface area contributed by atoms with E-state index in [-0.39, 0.29) is 28.8 Å². The number of hydrogen-bond acceptors (Lipinski definition) is 5. The average Bonchev–Trinajstić information content (AvgIpc) is 2.72. The molecule has 0 radical (unpaired) electrons. The van der Waals surface area contributed by atoms with Crippen molar-refractivity contribution in [2.45, 2.75) is 13.8 Å². The van der Waals surface area contributed by atoms with Gasteiger partial charge in [-0.15, -0.1) is 4.73 Å². The molecule has 0 aliphatic carbocycles. The Morgan fingerprint density at radius 1 is 1.06 bits per heavy atom. The summed E-state index contributed by atoms with van der Waals surface area (Å²) in [6.45, 7) is 3.07. The molecule has 0 unspecified atom stereocenters. The first-order chi connectivity index (χ1) is 14.6. The monoisotopic (exact) mass is 450 g/mol. The molecule has 7 nitrogen and oxygen atoms in total. The van der Waals surface area contributed by atoms with E-state index in [1.165, 1.54) is 38.3 Å². The first-order valence-electron chi connectivity index (χ1n) is 9.19. The quantitative estimate of drug-likeness (QED) is 0.432. The zero-order valence-corrected chi connectivity index (χ0v) is 17.8. The lowest BCUT2D eigenvalue weighted by atomic mass is 10.0. The van der Waals surface area contributed by atoms with E-state index in [0.29, 0.717) is 27.6 Å². The number of halogens is 2. The summed E-state index contributed by atoms with van der Waals surface area (Å²) in [5, 5.41) is 12.1. The normalized spacial score (nSPS) is 11.3. The minimum absolute atomic E-state index is 0.00783. The Balaban J connectivity index is 2.16. The molecule has 0 fully saturated rings. The van der Waals surface area contributed by atoms with Crippen LogP contribution in [0.5, 0.6) is 17.4 Å². The Morgan fingerprint density at radius 2 is 1.77 bits per heavy atom. The fraction of sp³-hybridized carbons (Fsp3) is 0.190. The lowest BCUT2D eigenvalue weighted by Gasteiger charge is -2.15. The van der Waals surface area contributed by atoms with Gasteiger partial charge in [0.25, 0.3) is 0 Å². The number of aromatic nitrogens is 1. The van der Waals surface area contributed by atoms with E-state index < -0.39 is 21.7 Å². The number of sulfonamides is 1. The zero-order chi connectivity index (χ0) is 22.8. The molecule has 2 aromatic carbocycles. The number of anilines is 1. The number of nitrogens with zero attached hydrogens (tertiary/aromatic N) is 1. The van der Waals surface area contributed by atoms with Crippen LogP contribution in [-0.2, 0) is 10.0 Å². The molecule has 1 heterocycles. The lowest BCUT2D eigenvalue weighted by Crippen LogP contribution is -2.31. The second kappa shape index (κ2) is 8.76. The van der Waals surface area contributed by atoms with E-state index in [1.807, 2.05) is 0 Å². The molecule has 0 aliphatic rings. The third-order valence-corrected chi connectivity index (χ3v) is 5.74. The second-order valence-corrected chi connectivity index (χ2v) is 8.63. The molecular formula is C21H20F2N2O5S. The molecule has 0 saturated carbocycles. The minimum atomic E-state index is -3.55. The lowest BCUT2D eigenvalue weighted by molar-refractivity contribution is -0.618. The van der Waals surface area contributed by atoms with Crippen molar-refractivity contribution < 1.29 is 31.4 Å². The van der Waals surface area contributed by atoms with Gasteiger partial charge in [-0.25, -0.2) is 17.2 Å². The van der Waals surface area contributed by atoms with Gasteiger partial charge >= 0.3 is 5.88 Å². The maximum Gasteiger partial charge on any atom is 0.379 e. The highest BCUT2D eigenvalue weighted by Crippen LogP contribution is 2.37. The van der Waals surface area contributed by atoms with Crippen molar-refractivity contribution in [3.05, 3.63) is 71.1 Å². The predicted molar refractivity (Wildman–Crippen MR) is 112 cm³/mol. The fourth-order valence-corrected chi connectivity index (χ4v) is 3.45. The molecule has 31 heavy (non-hydrogen) atoms. The summed E-state index contributed by atoms with van der Waals surface area (Å²) in [4.78, 5) is 0. The molecular weight excluding hydrogens is 430 g/mol. The summed E-state index contributed by atoms with van der Waals surface area (Å²) in [6.07, 6.45) is 0. The van der Waals surface area contributed by atoms with Gasteiger partial charge in [-0.05, 0) is 37.3 Å². The van der Waals surface area contributed by atoms with E-state index in [4.69, 9.17) is 9.47 Å². The Kier molecular flexibility index (Phi) is 6.30. The van der Waals surface area contributed by atoms with Crippen LogP contribution in [0.25, 0.3) is 11.1 Å². The van der Waals surface area contributed by atoms with Crippen molar-refractivity contribution >= 4 is 15.7 Å². The number of rotatable bonds is 7. The van der Waals surface area contributed by atoms with Crippen LogP contribution in [0.2, 0.25) is 0 Å². The third-order valence-electron chi connectivity index (χ3n) is 4.43. The summed E-state index contributed by atoms with van der Waals surface area (Å²) >= 11 is 0. The van der Waals surface area contributed by atoms with Gasteiger partial charge in [0.05, 0.1) is 18.9 Å². The molecule has 0 spiro atoms. The van der Waals surface area contributed by atoms with Gasteiger partial charge in [-0.3, -0.25) is 4.72 Å². The second-order valence-electron chi connectivity index (χ2n) is 6.62. The number of pyridine rings is 1. The van der Waals surface area contributed by atoms with Crippen LogP contribution in [0, 0.1) is 23.8 Å². The van der Waals surface area contributed by atoms with Crippen LogP contribution >= 0.6 is 0 Å². The number of benzene rings is 2. The summed E-state index contributed by atoms with van der Waals surface area (Å²) in [5.74, 6) is -1.83. The topological polar surface area (TPSA) is 91.6 Å². The molecule has 0 amide bonds. The maximum absolute atomic E-state index is 14.1. The molecule has 10 heteroatoms. The SMILES string of the molecule is CCS(=O)(=O)Nc1ccc(Oc2ccc(F)cc2F)c(-c2cc(C)[n+]([O-])c(OC)c2)c1. The fourth-order valence-electron chi connectivity index (χ4n) is 2.82. The molecule has 1 N–H and O–H groups in total. The molecule has 164 valence electrons. The van der Waals surface area contributed by atoms with Crippen molar-refractivity contribution in [3.63, 3.8) is 0 Å². The Labute approximate surface area is 178 Å². The summed E-state index contributed by atoms with van der Waals surface area (Å²) in [5.41, 5.74) is 1.39. The van der Waals surface area contributed by atoms with E-state index in [9.17, 15) is 22.4 Å². The molecule has 0 aliphatic heterocycles. The summed E-state index contributed by atoms with van der Waals surface area (Å²) < 4.78 is 65.1. The molecule has 1 aromatic heterocycles. The van der Waals surface area contributed by atoms with Crippen LogP contribution in [0.3, 0.4) is 0 Å². The third kappa shape index (κ3) is 5.02. The average molecular weight is 450 g/mol. The van der Waals surface area contributed by atoms with Crippen LogP contribution in [0.15, 0.2) is 48.5 Å². The van der Waals surface area contributed by atoms with Gasteiger partial charge in [-0.1, -0.05) is 0 Å². The van der Waals surface area contributed by atoms with Crippen LogP contribution in [0.1, 0.15) is 12.6 Å². The molecule has 0 atom stereocenters. The molecule has 3 rings (SSSR count). The number of ether oxygens (including phenoxy) is 2. The molecule has 3 aromatic rings. The Bertz CT molecular complexity index is 1230. The Hall–Kier alpha value is -3.40. The minimum Gasteiger partial charge on any atom is -0.616 e. The summed E-state index contributed by atoms with van der Waals surface area (Å²) in [7, 11) is -2.22. The standard InChI is InChI=1S/C21H20F2N2O5S/c1-4-31(27,28)24-16-6-8-19(30-20-7-5-15(22)11-18(20)23)17(12-16)14-9-13(2)25(26)21(10-14)29-3/h5-12,24H,4H2,1-3H3. The highest BCUT2D eigenvalue weighted by Gasteiger charge is 2.18. The smallest absolute Gasteiger partial charge is 0.379 e. The largest absolute Gasteiger partial charge is 0.616 e. The summed E-state index contributed by atoms with van der Waals surface area (Å²) in [6, 6.07) is 10.3. The van der Waals surface area contributed by atoms with Crippen molar-refractivity contribution in [1.29, 1.82) is 0 Å². The Morgan fingerprint density at radius 3 is 2.42 bits per heavy atom. The van der Waals surface area contributed by atoms with Gasteiger partial charge in [0.2, 0.25) is 10.0 Å². The number of nitrogens with one attached hydrogen (secondary N) is 1. The van der Waals surface area contributed by atoms with Crippen molar-refractivity contribution in [2.75, 3.05) is 17.6 Å². The zero-order valence-electron chi connectivity index (χ0n) is 17.0. The van der Waals surface area contributed by atoms with Crippen LogP contribution in [-0.4, -0.2) is 21.3 Å². The first-order valence-corrected chi connectivity index (χ1v) is 10.8. The van der Waals surface area contributed by atoms with E-state index in [0.717, 1.165) is 12.1 Å². The highest BCUT2D eigenvalue weighted by atomic mass is 32.2. The highest BCUT2D eigenvalue weighted by molar-refractivity contribution is 7.92. The predicted octanol–water partition coefficient (Wildman–Crippen LogP) is 4.14. The number of methoxy groups -OCH3 is 1. The van der Waals surface area contributed by atoms with Gasteiger partial charge in [-0.2, -0.15) is 0 Å². The molecule has 0 saturated heterocycles. The van der Waals surface area contributed by atoms with Crippen molar-refractivity contribution in [2.24, 2.45) is 0 Å². The maximum atomic E-state index is 14.1. The van der Waals surface area contributed by atoms with Gasteiger partial charge in [0.1, 0.15) is 11.6 Å². The van der Waals surface area contributed by atoms with E-state index >= 15 is 0 Å². The first kappa shape index (κ1) is 22.3. The number of aryl methyl sites for hydroxylation is 1. The van der Waals surface area contributed by atoms with Gasteiger partial charge in [0.15, 0.2) is 17.3 Å². The number of hydrogen-bond donors (Lipinski definition) is 1. The van der Waals surface area contributed by atoms with Crippen molar-refractivity contribution in [1.82, 2.24) is 0 Å². The van der Waals surface area contributed by atoms with Crippen LogP contribution in [0.4, 0.5) is 14.5 Å². The van der Waals surface area contributed by atoms with E-state index in [2.05, 4.69) is 4.72 Å². The van der Waals surface area contributed by atoms with E-state index in [1.54, 1.807) is 13.0 Å². The van der Waals surface area contributed by atoms with Gasteiger partial charge < -0.3 is 14.7 Å². The van der Waals surface area contributed by atoms with Crippen molar-refractivity contribution in [3.8, 4) is 28.5 Å². The van der Waals surface area contributed by atoms with Crippen LogP contribution < -0.4 is 18.9 Å². The van der Waals surface area contributed by atoms with Gasteiger partial charge in [0, 0.05) is 35.9 Å². The molecule has 0 bridgehead atoms.